The van der Waals surface area contributed by atoms with E-state index in [1.54, 1.807) is 0 Å². The number of carbonyl (C=O) groups is 2. The second-order valence-electron chi connectivity index (χ2n) is 10.4. The van der Waals surface area contributed by atoms with E-state index in [9.17, 15) is 22.8 Å². The summed E-state index contributed by atoms with van der Waals surface area (Å²) in [6, 6.07) is 22.1. The van der Waals surface area contributed by atoms with E-state index in [0.717, 1.165) is 29.2 Å². The Kier molecular flexibility index (Phi) is 8.39. The highest BCUT2D eigenvalue weighted by molar-refractivity contribution is 6.30. The fourth-order valence-corrected chi connectivity index (χ4v) is 6.08. The lowest BCUT2D eigenvalue weighted by molar-refractivity contribution is -0.271. The molecule has 2 heterocycles. The molecule has 0 bridgehead atoms. The molecule has 2 saturated heterocycles. The molecule has 1 spiro atoms. The molecule has 222 valence electrons. The van der Waals surface area contributed by atoms with Gasteiger partial charge < -0.3 is 24.4 Å². The molecule has 7 nitrogen and oxygen atoms in total. The van der Waals surface area contributed by atoms with Gasteiger partial charge in [0.2, 0.25) is 0 Å². The molecular weight excluding hydrogens is 573 g/mol. The molecule has 0 aliphatic carbocycles. The van der Waals surface area contributed by atoms with Gasteiger partial charge in [-0.3, -0.25) is 4.79 Å². The smallest absolute Gasteiger partial charge is 0.430 e. The molecular formula is C31H30ClF3N2O5. The molecule has 5 rings (SSSR count). The van der Waals surface area contributed by atoms with Gasteiger partial charge in [-0.05, 0) is 23.8 Å². The first kappa shape index (κ1) is 29.7. The Labute approximate surface area is 246 Å². The van der Waals surface area contributed by atoms with Gasteiger partial charge in [-0.15, -0.1) is 0 Å². The predicted octanol–water partition coefficient (Wildman–Crippen LogP) is 6.21. The van der Waals surface area contributed by atoms with E-state index in [1.165, 1.54) is 18.2 Å². The number of carbonyl (C=O) groups excluding carboxylic acids is 2. The zero-order chi connectivity index (χ0) is 30.0. The second-order valence-corrected chi connectivity index (χ2v) is 10.8. The van der Waals surface area contributed by atoms with Gasteiger partial charge >= 0.3 is 12.3 Å². The zero-order valence-electron chi connectivity index (χ0n) is 22.8. The Morgan fingerprint density at radius 3 is 2.40 bits per heavy atom. The number of likely N-dealkylation sites (tertiary alicyclic amines) is 1. The predicted molar refractivity (Wildman–Crippen MR) is 149 cm³/mol. The van der Waals surface area contributed by atoms with E-state index >= 15 is 0 Å². The van der Waals surface area contributed by atoms with E-state index < -0.39 is 34.9 Å². The van der Waals surface area contributed by atoms with Crippen molar-refractivity contribution in [3.05, 3.63) is 101 Å². The molecule has 2 amide bonds. The van der Waals surface area contributed by atoms with Crippen molar-refractivity contribution in [3.8, 4) is 5.75 Å². The van der Waals surface area contributed by atoms with Crippen molar-refractivity contribution in [2.24, 2.45) is 0 Å². The summed E-state index contributed by atoms with van der Waals surface area (Å²) < 4.78 is 60.9. The Hall–Kier alpha value is -3.76. The lowest BCUT2D eigenvalue weighted by Gasteiger charge is -2.49. The van der Waals surface area contributed by atoms with Gasteiger partial charge in [0.15, 0.2) is 0 Å². The zero-order valence-corrected chi connectivity index (χ0v) is 23.6. The van der Waals surface area contributed by atoms with Crippen molar-refractivity contribution in [1.29, 1.82) is 0 Å². The minimum atomic E-state index is -5.07. The van der Waals surface area contributed by atoms with E-state index in [1.807, 2.05) is 54.6 Å². The average molecular weight is 603 g/mol. The number of para-hydroxylation sites is 1. The van der Waals surface area contributed by atoms with Crippen LogP contribution in [0.3, 0.4) is 0 Å². The normalized spacial score (nSPS) is 19.9. The summed E-state index contributed by atoms with van der Waals surface area (Å²) in [6.07, 6.45) is -5.44. The van der Waals surface area contributed by atoms with Crippen LogP contribution in [0.4, 0.5) is 18.0 Å². The number of amides is 2. The lowest BCUT2D eigenvalue weighted by atomic mass is 9.74. The van der Waals surface area contributed by atoms with Crippen LogP contribution in [0, 0.1) is 0 Å². The molecule has 3 aromatic rings. The highest BCUT2D eigenvalue weighted by Gasteiger charge is 2.64. The minimum absolute atomic E-state index is 0.0428. The molecule has 2 atom stereocenters. The standard InChI is InChI=1S/C31H30ClF3N2O5/c1-40-30(31(33,34)35,22-10-7-11-23(32)18-22)27(38)37-16-14-29(15-17-37)25(19-36-28(39)42-29)24-12-5-6-13-26(24)41-20-21-8-3-2-4-9-21/h2-13,18,25H,14-17,19-20H2,1H3,(H,36,39). The molecule has 0 radical (unpaired) electrons. The quantitative estimate of drug-likeness (QED) is 0.348. The van der Waals surface area contributed by atoms with E-state index in [0.29, 0.717) is 12.4 Å². The van der Waals surface area contributed by atoms with Gasteiger partial charge in [-0.25, -0.2) is 4.79 Å². The fraction of sp³-hybridized carbons (Fsp3) is 0.355. The maximum atomic E-state index is 14.6. The van der Waals surface area contributed by atoms with Crippen LogP contribution >= 0.6 is 11.6 Å². The Morgan fingerprint density at radius 1 is 1.05 bits per heavy atom. The topological polar surface area (TPSA) is 77.1 Å². The van der Waals surface area contributed by atoms with Crippen LogP contribution in [0.1, 0.15) is 35.4 Å². The number of halogens is 4. The van der Waals surface area contributed by atoms with Crippen molar-refractivity contribution < 1.29 is 37.0 Å². The Balaban J connectivity index is 1.41. The lowest BCUT2D eigenvalue weighted by Crippen LogP contribution is -2.62. The maximum Gasteiger partial charge on any atom is 0.430 e. The van der Waals surface area contributed by atoms with Gasteiger partial charge in [0.25, 0.3) is 11.5 Å². The molecule has 2 aliphatic heterocycles. The summed E-state index contributed by atoms with van der Waals surface area (Å²) >= 11 is 5.99. The molecule has 1 N–H and O–H groups in total. The minimum Gasteiger partial charge on any atom is -0.489 e. The number of piperidine rings is 1. The fourth-order valence-electron chi connectivity index (χ4n) is 5.89. The molecule has 2 unspecified atom stereocenters. The van der Waals surface area contributed by atoms with Gasteiger partial charge in [0, 0.05) is 61.7 Å². The largest absolute Gasteiger partial charge is 0.489 e. The first-order valence-electron chi connectivity index (χ1n) is 13.5. The van der Waals surface area contributed by atoms with Crippen LogP contribution in [-0.2, 0) is 26.5 Å². The number of benzene rings is 3. The van der Waals surface area contributed by atoms with Crippen molar-refractivity contribution in [2.75, 3.05) is 26.7 Å². The number of nitrogens with zero attached hydrogens (tertiary/aromatic N) is 1. The average Bonchev–Trinajstić information content (AvgIpc) is 2.97. The van der Waals surface area contributed by atoms with Crippen LogP contribution in [0.15, 0.2) is 78.9 Å². The number of alkyl carbamates (subject to hydrolysis) is 1. The summed E-state index contributed by atoms with van der Waals surface area (Å²) in [5.41, 5.74) is -2.94. The van der Waals surface area contributed by atoms with Gasteiger partial charge in [-0.2, -0.15) is 13.2 Å². The maximum absolute atomic E-state index is 14.6. The van der Waals surface area contributed by atoms with Crippen molar-refractivity contribution in [3.63, 3.8) is 0 Å². The van der Waals surface area contributed by atoms with Crippen LogP contribution in [-0.4, -0.2) is 55.4 Å². The molecule has 3 aromatic carbocycles. The Morgan fingerprint density at radius 2 is 1.74 bits per heavy atom. The van der Waals surface area contributed by atoms with Gasteiger partial charge in [0.1, 0.15) is 18.0 Å². The summed E-state index contributed by atoms with van der Waals surface area (Å²) in [6.45, 7) is 0.396. The third kappa shape index (κ3) is 5.53. The molecule has 2 aliphatic rings. The number of nitrogens with one attached hydrogen (secondary N) is 1. The van der Waals surface area contributed by atoms with Crippen LogP contribution in [0.2, 0.25) is 5.02 Å². The van der Waals surface area contributed by atoms with Crippen LogP contribution in [0.25, 0.3) is 0 Å². The molecule has 0 aromatic heterocycles. The number of rotatable bonds is 7. The summed E-state index contributed by atoms with van der Waals surface area (Å²) in [5.74, 6) is -1.01. The molecule has 42 heavy (non-hydrogen) atoms. The number of alkyl halides is 3. The second kappa shape index (κ2) is 11.9. The van der Waals surface area contributed by atoms with Crippen molar-refractivity contribution in [2.45, 2.75) is 42.7 Å². The number of ether oxygens (including phenoxy) is 3. The number of hydrogen-bond donors (Lipinski definition) is 1. The van der Waals surface area contributed by atoms with Crippen LogP contribution < -0.4 is 10.1 Å². The summed E-state index contributed by atoms with van der Waals surface area (Å²) in [5, 5.41) is 2.78. The number of methoxy groups -OCH3 is 1. The summed E-state index contributed by atoms with van der Waals surface area (Å²) in [4.78, 5) is 27.2. The highest BCUT2D eigenvalue weighted by Crippen LogP contribution is 2.48. The monoisotopic (exact) mass is 602 g/mol. The molecule has 0 saturated carbocycles. The molecule has 11 heteroatoms. The summed E-state index contributed by atoms with van der Waals surface area (Å²) in [7, 11) is 0.856. The van der Waals surface area contributed by atoms with E-state index in [-0.39, 0.29) is 43.4 Å². The first-order valence-corrected chi connectivity index (χ1v) is 13.9. The first-order chi connectivity index (χ1) is 20.1. The highest BCUT2D eigenvalue weighted by atomic mass is 35.5. The van der Waals surface area contributed by atoms with Crippen LogP contribution in [0.5, 0.6) is 5.75 Å². The number of hydrogen-bond acceptors (Lipinski definition) is 5. The third-order valence-corrected chi connectivity index (χ3v) is 8.28. The molecule has 2 fully saturated rings. The Bertz CT molecular complexity index is 1430. The van der Waals surface area contributed by atoms with Gasteiger partial charge in [-0.1, -0.05) is 72.3 Å². The third-order valence-electron chi connectivity index (χ3n) is 8.05. The van der Waals surface area contributed by atoms with E-state index in [2.05, 4.69) is 5.32 Å². The van der Waals surface area contributed by atoms with Gasteiger partial charge in [0.05, 0.1) is 0 Å². The van der Waals surface area contributed by atoms with E-state index in [4.69, 9.17) is 25.8 Å². The van der Waals surface area contributed by atoms with Crippen molar-refractivity contribution in [1.82, 2.24) is 10.2 Å². The SMILES string of the molecule is COC(C(=O)N1CCC2(CC1)OC(=O)NCC2c1ccccc1OCc1ccccc1)(c1cccc(Cl)c1)C(F)(F)F. The van der Waals surface area contributed by atoms with Crippen molar-refractivity contribution >= 4 is 23.6 Å².